The fourth-order valence-electron chi connectivity index (χ4n) is 1.15. The van der Waals surface area contributed by atoms with Gasteiger partial charge in [-0.3, -0.25) is 0 Å². The largest absolute Gasteiger partial charge is 0.479 e. The van der Waals surface area contributed by atoms with Crippen LogP contribution in [0.15, 0.2) is 0 Å². The van der Waals surface area contributed by atoms with Crippen molar-refractivity contribution in [2.75, 3.05) is 6.54 Å². The maximum absolute atomic E-state index is 10.2. The number of aliphatic carboxylic acids is 1. The van der Waals surface area contributed by atoms with Crippen molar-refractivity contribution in [3.8, 4) is 0 Å². The molecule has 4 nitrogen and oxygen atoms in total. The van der Waals surface area contributed by atoms with Crippen molar-refractivity contribution in [1.82, 2.24) is 5.32 Å². The summed E-state index contributed by atoms with van der Waals surface area (Å²) in [6.45, 7) is 0.814. The van der Waals surface area contributed by atoms with Gasteiger partial charge in [0.1, 0.15) is 0 Å². The molecule has 0 radical (unpaired) electrons. The third-order valence-corrected chi connectivity index (χ3v) is 1.73. The zero-order valence-corrected chi connectivity index (χ0v) is 5.58. The molecule has 3 N–H and O–H groups in total. The van der Waals surface area contributed by atoms with Gasteiger partial charge in [-0.2, -0.15) is 0 Å². The Bertz CT molecular complexity index is 131. The van der Waals surface area contributed by atoms with Gasteiger partial charge in [0, 0.05) is 6.04 Å². The van der Waals surface area contributed by atoms with Gasteiger partial charge < -0.3 is 15.5 Å². The Labute approximate surface area is 58.9 Å². The minimum absolute atomic E-state index is 0.238. The van der Waals surface area contributed by atoms with Crippen molar-refractivity contribution >= 4 is 5.97 Å². The number of carboxylic acids is 1. The van der Waals surface area contributed by atoms with Crippen LogP contribution in [0.5, 0.6) is 0 Å². The van der Waals surface area contributed by atoms with E-state index in [-0.39, 0.29) is 6.04 Å². The van der Waals surface area contributed by atoms with Crippen LogP contribution in [0.2, 0.25) is 0 Å². The Morgan fingerprint density at radius 2 is 2.40 bits per heavy atom. The number of aliphatic hydroxyl groups is 1. The van der Waals surface area contributed by atoms with E-state index < -0.39 is 12.1 Å². The van der Waals surface area contributed by atoms with Gasteiger partial charge >= 0.3 is 5.97 Å². The summed E-state index contributed by atoms with van der Waals surface area (Å²) in [6, 6.07) is -0.238. The fourth-order valence-corrected chi connectivity index (χ4v) is 1.15. The van der Waals surface area contributed by atoms with E-state index in [1.165, 1.54) is 0 Å². The van der Waals surface area contributed by atoms with E-state index >= 15 is 0 Å². The van der Waals surface area contributed by atoms with E-state index in [9.17, 15) is 4.79 Å². The van der Waals surface area contributed by atoms with E-state index in [1.807, 2.05) is 0 Å². The van der Waals surface area contributed by atoms with Gasteiger partial charge in [0.05, 0.1) is 0 Å². The second-order valence-corrected chi connectivity index (χ2v) is 2.49. The Morgan fingerprint density at radius 3 is 2.80 bits per heavy atom. The molecule has 0 aliphatic carbocycles. The van der Waals surface area contributed by atoms with Gasteiger partial charge in [-0.05, 0) is 19.4 Å². The average Bonchev–Trinajstić information content (AvgIpc) is 2.36. The molecular weight excluding hydrogens is 134 g/mol. The van der Waals surface area contributed by atoms with Gasteiger partial charge in [-0.1, -0.05) is 0 Å². The Kier molecular flexibility index (Phi) is 2.24. The van der Waals surface area contributed by atoms with Crippen LogP contribution >= 0.6 is 0 Å². The third kappa shape index (κ3) is 1.46. The van der Waals surface area contributed by atoms with Crippen LogP contribution in [-0.2, 0) is 4.79 Å². The fraction of sp³-hybridized carbons (Fsp3) is 0.833. The molecular formula is C6H11NO3. The molecule has 58 valence electrons. The first-order chi connectivity index (χ1) is 4.72. The van der Waals surface area contributed by atoms with E-state index in [0.29, 0.717) is 0 Å². The van der Waals surface area contributed by atoms with E-state index in [1.54, 1.807) is 0 Å². The maximum atomic E-state index is 10.2. The molecule has 1 unspecified atom stereocenters. The quantitative estimate of drug-likeness (QED) is 0.475. The predicted molar refractivity (Wildman–Crippen MR) is 34.7 cm³/mol. The lowest BCUT2D eigenvalue weighted by atomic mass is 10.1. The summed E-state index contributed by atoms with van der Waals surface area (Å²) in [5, 5.41) is 20.2. The summed E-state index contributed by atoms with van der Waals surface area (Å²) in [5.74, 6) is -1.14. The van der Waals surface area contributed by atoms with Crippen molar-refractivity contribution < 1.29 is 15.0 Å². The molecule has 0 saturated carbocycles. The smallest absolute Gasteiger partial charge is 0.334 e. The van der Waals surface area contributed by atoms with Crippen LogP contribution in [0, 0.1) is 0 Å². The van der Waals surface area contributed by atoms with Crippen LogP contribution in [0.4, 0.5) is 0 Å². The maximum Gasteiger partial charge on any atom is 0.334 e. The molecule has 1 aliphatic rings. The molecule has 0 aromatic carbocycles. The topological polar surface area (TPSA) is 69.6 Å². The molecule has 0 aromatic rings. The Balaban J connectivity index is 2.39. The Hall–Kier alpha value is -0.610. The normalized spacial score (nSPS) is 28.3. The summed E-state index contributed by atoms with van der Waals surface area (Å²) in [4.78, 5) is 10.2. The van der Waals surface area contributed by atoms with Crippen molar-refractivity contribution in [1.29, 1.82) is 0 Å². The molecule has 0 aromatic heterocycles. The van der Waals surface area contributed by atoms with Crippen molar-refractivity contribution in [2.24, 2.45) is 0 Å². The van der Waals surface area contributed by atoms with Gasteiger partial charge in [0.15, 0.2) is 6.10 Å². The highest BCUT2D eigenvalue weighted by Gasteiger charge is 2.27. The summed E-state index contributed by atoms with van der Waals surface area (Å²) in [5.41, 5.74) is 0. The number of carboxylic acid groups (broad SMARTS) is 1. The minimum Gasteiger partial charge on any atom is -0.479 e. The molecule has 10 heavy (non-hydrogen) atoms. The summed E-state index contributed by atoms with van der Waals surface area (Å²) in [7, 11) is 0. The molecule has 1 saturated heterocycles. The molecule has 2 atom stereocenters. The number of aliphatic hydroxyl groups excluding tert-OH is 1. The standard InChI is InChI=1S/C6H11NO3/c8-5(6(9)10)4-2-1-3-7-4/h4-5,7-8H,1-3H2,(H,9,10)/t4-,5?/m0/s1. The average molecular weight is 145 g/mol. The first-order valence-electron chi connectivity index (χ1n) is 3.36. The minimum atomic E-state index is -1.23. The van der Waals surface area contributed by atoms with Crippen LogP contribution in [0.3, 0.4) is 0 Å². The number of rotatable bonds is 2. The van der Waals surface area contributed by atoms with Crippen LogP contribution < -0.4 is 5.32 Å². The number of nitrogens with one attached hydrogen (secondary N) is 1. The number of hydrogen-bond donors (Lipinski definition) is 3. The molecule has 4 heteroatoms. The van der Waals surface area contributed by atoms with Gasteiger partial charge in [-0.15, -0.1) is 0 Å². The molecule has 0 spiro atoms. The van der Waals surface area contributed by atoms with E-state index in [2.05, 4.69) is 5.32 Å². The van der Waals surface area contributed by atoms with Gasteiger partial charge in [0.25, 0.3) is 0 Å². The highest BCUT2D eigenvalue weighted by atomic mass is 16.4. The van der Waals surface area contributed by atoms with Crippen LogP contribution in [0.1, 0.15) is 12.8 Å². The lowest BCUT2D eigenvalue weighted by Gasteiger charge is -2.12. The highest BCUT2D eigenvalue weighted by Crippen LogP contribution is 2.08. The predicted octanol–water partition coefficient (Wildman–Crippen LogP) is -0.816. The van der Waals surface area contributed by atoms with Gasteiger partial charge in [0.2, 0.25) is 0 Å². The monoisotopic (exact) mass is 145 g/mol. The Morgan fingerprint density at radius 1 is 1.70 bits per heavy atom. The zero-order valence-electron chi connectivity index (χ0n) is 5.58. The second-order valence-electron chi connectivity index (χ2n) is 2.49. The number of carbonyl (C=O) groups is 1. The number of hydrogen-bond acceptors (Lipinski definition) is 3. The zero-order chi connectivity index (χ0) is 7.56. The molecule has 1 heterocycles. The molecule has 1 aliphatic heterocycles. The van der Waals surface area contributed by atoms with Crippen LogP contribution in [0.25, 0.3) is 0 Å². The molecule has 0 amide bonds. The second kappa shape index (κ2) is 2.98. The lowest BCUT2D eigenvalue weighted by molar-refractivity contribution is -0.147. The van der Waals surface area contributed by atoms with Crippen molar-refractivity contribution in [3.05, 3.63) is 0 Å². The highest BCUT2D eigenvalue weighted by molar-refractivity contribution is 5.72. The summed E-state index contributed by atoms with van der Waals surface area (Å²) < 4.78 is 0. The van der Waals surface area contributed by atoms with Gasteiger partial charge in [-0.25, -0.2) is 4.79 Å². The first kappa shape index (κ1) is 7.50. The molecule has 0 bridgehead atoms. The van der Waals surface area contributed by atoms with E-state index in [4.69, 9.17) is 10.2 Å². The SMILES string of the molecule is O=C(O)C(O)[C@@H]1CCCN1. The van der Waals surface area contributed by atoms with Crippen molar-refractivity contribution in [2.45, 2.75) is 25.0 Å². The molecule has 1 fully saturated rings. The summed E-state index contributed by atoms with van der Waals surface area (Å²) in [6.07, 6.45) is 0.477. The molecule has 1 rings (SSSR count). The lowest BCUT2D eigenvalue weighted by Crippen LogP contribution is -2.40. The van der Waals surface area contributed by atoms with E-state index in [0.717, 1.165) is 19.4 Å². The third-order valence-electron chi connectivity index (χ3n) is 1.73. The van der Waals surface area contributed by atoms with Crippen LogP contribution in [-0.4, -0.2) is 34.9 Å². The first-order valence-corrected chi connectivity index (χ1v) is 3.36. The van der Waals surface area contributed by atoms with Crippen molar-refractivity contribution in [3.63, 3.8) is 0 Å². The summed E-state index contributed by atoms with van der Waals surface area (Å²) >= 11 is 0.